The Morgan fingerprint density at radius 3 is 2.88 bits per heavy atom. The second kappa shape index (κ2) is 6.73. The fourth-order valence-corrected chi connectivity index (χ4v) is 5.12. The van der Waals surface area contributed by atoms with Gasteiger partial charge in [-0.05, 0) is 51.6 Å². The smallest absolute Gasteiger partial charge is 0.273 e. The monoisotopic (exact) mass is 348 g/mol. The van der Waals surface area contributed by atoms with E-state index in [1.807, 2.05) is 10.3 Å². The first-order chi connectivity index (χ1) is 11.6. The van der Waals surface area contributed by atoms with E-state index in [4.69, 9.17) is 0 Å². The largest absolute Gasteiger partial charge is 0.337 e. The number of thiazole rings is 1. The number of aromatic nitrogens is 1. The third-order valence-electron chi connectivity index (χ3n) is 5.84. The van der Waals surface area contributed by atoms with E-state index in [0.29, 0.717) is 23.7 Å². The minimum Gasteiger partial charge on any atom is -0.337 e. The molecule has 4 rings (SSSR count). The first-order valence-electron chi connectivity index (χ1n) is 9.19. The van der Waals surface area contributed by atoms with Crippen molar-refractivity contribution in [1.29, 1.82) is 0 Å². The van der Waals surface area contributed by atoms with Crippen molar-refractivity contribution in [2.75, 3.05) is 40.3 Å². The maximum absolute atomic E-state index is 12.6. The van der Waals surface area contributed by atoms with Crippen molar-refractivity contribution in [2.24, 2.45) is 11.8 Å². The number of likely N-dealkylation sites (tertiary alicyclic amines) is 2. The molecule has 1 aromatic rings. The van der Waals surface area contributed by atoms with E-state index in [1.165, 1.54) is 37.1 Å². The summed E-state index contributed by atoms with van der Waals surface area (Å²) >= 11 is 1.50. The number of carbonyl (C=O) groups excluding carboxylic acids is 1. The summed E-state index contributed by atoms with van der Waals surface area (Å²) in [6.45, 7) is 4.21. The van der Waals surface area contributed by atoms with Crippen molar-refractivity contribution in [3.05, 3.63) is 16.6 Å². The summed E-state index contributed by atoms with van der Waals surface area (Å²) in [5.74, 6) is 1.69. The number of piperidine rings is 1. The maximum Gasteiger partial charge on any atom is 0.273 e. The molecular formula is C18H28N4OS. The van der Waals surface area contributed by atoms with E-state index in [-0.39, 0.29) is 5.91 Å². The lowest BCUT2D eigenvalue weighted by molar-refractivity contribution is 0.0566. The molecular weight excluding hydrogens is 320 g/mol. The van der Waals surface area contributed by atoms with Crippen LogP contribution in [-0.4, -0.2) is 77.9 Å². The number of fused-ring (bicyclic) bond motifs is 1. The van der Waals surface area contributed by atoms with Gasteiger partial charge in [0.25, 0.3) is 5.91 Å². The average molecular weight is 349 g/mol. The van der Waals surface area contributed by atoms with Gasteiger partial charge in [0.05, 0.1) is 5.51 Å². The lowest BCUT2D eigenvalue weighted by Crippen LogP contribution is -2.50. The van der Waals surface area contributed by atoms with E-state index in [9.17, 15) is 4.79 Å². The lowest BCUT2D eigenvalue weighted by atomic mass is 9.92. The Morgan fingerprint density at radius 2 is 2.21 bits per heavy atom. The fraction of sp³-hybridized carbons (Fsp3) is 0.778. The average Bonchev–Trinajstić information content (AvgIpc) is 3.08. The Hall–Kier alpha value is -0.980. The molecule has 0 aromatic carbocycles. The topological polar surface area (TPSA) is 39.7 Å². The summed E-state index contributed by atoms with van der Waals surface area (Å²) < 4.78 is 0. The van der Waals surface area contributed by atoms with Crippen LogP contribution in [0.25, 0.3) is 0 Å². The highest BCUT2D eigenvalue weighted by Gasteiger charge is 2.46. The quantitative estimate of drug-likeness (QED) is 0.816. The van der Waals surface area contributed by atoms with Gasteiger partial charge < -0.3 is 9.80 Å². The van der Waals surface area contributed by atoms with Gasteiger partial charge in [-0.1, -0.05) is 0 Å². The van der Waals surface area contributed by atoms with E-state index >= 15 is 0 Å². The van der Waals surface area contributed by atoms with Crippen LogP contribution < -0.4 is 0 Å². The van der Waals surface area contributed by atoms with Gasteiger partial charge in [0, 0.05) is 43.6 Å². The molecule has 1 saturated carbocycles. The number of hydrogen-bond acceptors (Lipinski definition) is 5. The molecule has 5 nitrogen and oxygen atoms in total. The first-order valence-corrected chi connectivity index (χ1v) is 10.1. The second-order valence-electron chi connectivity index (χ2n) is 8.03. The van der Waals surface area contributed by atoms with Crippen LogP contribution in [0, 0.1) is 11.8 Å². The van der Waals surface area contributed by atoms with E-state index in [0.717, 1.165) is 32.0 Å². The highest BCUT2D eigenvalue weighted by atomic mass is 32.1. The molecule has 1 aliphatic carbocycles. The van der Waals surface area contributed by atoms with Crippen LogP contribution in [0.5, 0.6) is 0 Å². The summed E-state index contributed by atoms with van der Waals surface area (Å²) in [5.41, 5.74) is 2.37. The van der Waals surface area contributed by atoms with Gasteiger partial charge in [-0.25, -0.2) is 4.98 Å². The van der Waals surface area contributed by atoms with E-state index in [2.05, 4.69) is 28.9 Å². The summed E-state index contributed by atoms with van der Waals surface area (Å²) in [4.78, 5) is 24.0. The van der Waals surface area contributed by atoms with E-state index in [1.54, 1.807) is 5.51 Å². The Balaban J connectivity index is 1.44. The molecule has 2 aliphatic heterocycles. The molecule has 0 N–H and O–H groups in total. The number of carbonyl (C=O) groups is 1. The van der Waals surface area contributed by atoms with Crippen LogP contribution in [0.3, 0.4) is 0 Å². The molecule has 0 unspecified atom stereocenters. The summed E-state index contributed by atoms with van der Waals surface area (Å²) in [5, 5.41) is 1.87. The predicted molar refractivity (Wildman–Crippen MR) is 96.3 cm³/mol. The van der Waals surface area contributed by atoms with Gasteiger partial charge in [-0.3, -0.25) is 9.69 Å². The minimum atomic E-state index is 0.125. The molecule has 132 valence electrons. The molecule has 0 bridgehead atoms. The van der Waals surface area contributed by atoms with Crippen molar-refractivity contribution in [2.45, 2.75) is 37.8 Å². The van der Waals surface area contributed by atoms with Crippen molar-refractivity contribution in [3.8, 4) is 0 Å². The van der Waals surface area contributed by atoms with Gasteiger partial charge in [0.1, 0.15) is 5.69 Å². The number of rotatable bonds is 5. The van der Waals surface area contributed by atoms with Gasteiger partial charge in [-0.2, -0.15) is 0 Å². The molecule has 3 fully saturated rings. The second-order valence-corrected chi connectivity index (χ2v) is 8.75. The van der Waals surface area contributed by atoms with Gasteiger partial charge in [0.15, 0.2) is 0 Å². The summed E-state index contributed by atoms with van der Waals surface area (Å²) in [6.07, 6.45) is 5.18. The SMILES string of the molecule is CN(C)C[C@@H]1C[C@@H]2CN(C(=O)c3cscn3)CC[C@@H]2N1CC1CC1. The van der Waals surface area contributed by atoms with Crippen molar-refractivity contribution in [1.82, 2.24) is 19.7 Å². The van der Waals surface area contributed by atoms with Crippen LogP contribution in [0.4, 0.5) is 0 Å². The van der Waals surface area contributed by atoms with Crippen molar-refractivity contribution >= 4 is 17.2 Å². The Bertz CT molecular complexity index is 572. The molecule has 0 spiro atoms. The predicted octanol–water partition coefficient (Wildman–Crippen LogP) is 2.02. The molecule has 3 aliphatic rings. The molecule has 2 saturated heterocycles. The normalized spacial score (nSPS) is 30.8. The molecule has 6 heteroatoms. The number of nitrogens with zero attached hydrogens (tertiary/aromatic N) is 4. The van der Waals surface area contributed by atoms with Gasteiger partial charge >= 0.3 is 0 Å². The number of amides is 1. The van der Waals surface area contributed by atoms with Crippen molar-refractivity contribution < 1.29 is 4.79 Å². The minimum absolute atomic E-state index is 0.125. The highest BCUT2D eigenvalue weighted by Crippen LogP contribution is 2.40. The first kappa shape index (κ1) is 16.5. The van der Waals surface area contributed by atoms with Crippen LogP contribution in [0.1, 0.15) is 36.2 Å². The Morgan fingerprint density at radius 1 is 1.38 bits per heavy atom. The van der Waals surface area contributed by atoms with Crippen LogP contribution >= 0.6 is 11.3 Å². The Labute approximate surface area is 148 Å². The van der Waals surface area contributed by atoms with Gasteiger partial charge in [0.2, 0.25) is 0 Å². The molecule has 3 heterocycles. The zero-order valence-electron chi connectivity index (χ0n) is 14.7. The maximum atomic E-state index is 12.6. The van der Waals surface area contributed by atoms with Crippen LogP contribution in [0.2, 0.25) is 0 Å². The molecule has 1 aromatic heterocycles. The molecule has 0 radical (unpaired) electrons. The third-order valence-corrected chi connectivity index (χ3v) is 6.43. The van der Waals surface area contributed by atoms with Gasteiger partial charge in [-0.15, -0.1) is 11.3 Å². The number of likely N-dealkylation sites (N-methyl/N-ethyl adjacent to an activating group) is 1. The van der Waals surface area contributed by atoms with Crippen molar-refractivity contribution in [3.63, 3.8) is 0 Å². The Kier molecular flexibility index (Phi) is 4.62. The highest BCUT2D eigenvalue weighted by molar-refractivity contribution is 7.07. The summed E-state index contributed by atoms with van der Waals surface area (Å²) in [6, 6.07) is 1.33. The number of hydrogen-bond donors (Lipinski definition) is 0. The molecule has 3 atom stereocenters. The zero-order chi connectivity index (χ0) is 16.7. The summed E-state index contributed by atoms with van der Waals surface area (Å²) in [7, 11) is 4.35. The fourth-order valence-electron chi connectivity index (χ4n) is 4.59. The van der Waals surface area contributed by atoms with Crippen LogP contribution in [0.15, 0.2) is 10.9 Å². The standard InChI is InChI=1S/C18H28N4OS/c1-20(2)10-15-7-14-9-21(18(23)16-11-24-12-19-16)6-5-17(14)22(15)8-13-3-4-13/h11-15,17H,3-10H2,1-2H3/t14-,15+,17+/m1/s1. The third kappa shape index (κ3) is 3.37. The van der Waals surface area contributed by atoms with Crippen LogP contribution in [-0.2, 0) is 0 Å². The molecule has 1 amide bonds. The van der Waals surface area contributed by atoms with E-state index < -0.39 is 0 Å². The molecule has 24 heavy (non-hydrogen) atoms. The lowest BCUT2D eigenvalue weighted by Gasteiger charge is -2.39. The zero-order valence-corrected chi connectivity index (χ0v) is 15.5.